The summed E-state index contributed by atoms with van der Waals surface area (Å²) < 4.78 is 77.7. The van der Waals surface area contributed by atoms with Crippen LogP contribution in [-0.4, -0.2) is 108 Å². The fourth-order valence-corrected chi connectivity index (χ4v) is 8.55. The highest BCUT2D eigenvalue weighted by atomic mass is 32.2. The number of hydrogen-bond donors (Lipinski definition) is 2. The number of benzene rings is 2. The van der Waals surface area contributed by atoms with Crippen molar-refractivity contribution in [3.63, 3.8) is 0 Å². The third-order valence-electron chi connectivity index (χ3n) is 8.81. The van der Waals surface area contributed by atoms with Gasteiger partial charge >= 0.3 is 0 Å². The summed E-state index contributed by atoms with van der Waals surface area (Å²) in [5, 5.41) is 24.8. The number of amides is 1. The maximum atomic E-state index is 14.3. The maximum absolute atomic E-state index is 14.3. The molecular weight excluding hydrogens is 654 g/mol. The summed E-state index contributed by atoms with van der Waals surface area (Å²) in [6, 6.07) is 11.4. The first-order chi connectivity index (χ1) is 22.1. The predicted molar refractivity (Wildman–Crippen MR) is 167 cm³/mol. The van der Waals surface area contributed by atoms with E-state index in [1.807, 2.05) is 6.07 Å². The van der Waals surface area contributed by atoms with Crippen molar-refractivity contribution >= 4 is 26.1 Å². The molecule has 0 unspecified atom stereocenters. The van der Waals surface area contributed by atoms with Crippen LogP contribution < -0.4 is 19.3 Å². The summed E-state index contributed by atoms with van der Waals surface area (Å²) in [4.78, 5) is 13.8. The number of aliphatic hydroxyl groups is 1. The Morgan fingerprint density at radius 2 is 1.81 bits per heavy atom. The molecule has 0 aromatic heterocycles. The Balaban J connectivity index is 1.48. The van der Waals surface area contributed by atoms with Crippen LogP contribution in [0.3, 0.4) is 0 Å². The van der Waals surface area contributed by atoms with E-state index in [0.717, 1.165) is 21.0 Å². The number of nitrogens with one attached hydrogen (secondary N) is 1. The average Bonchev–Trinajstić information content (AvgIpc) is 3.74. The minimum absolute atomic E-state index is 0.0426. The minimum atomic E-state index is -4.32. The standard InChI is InChI=1S/C31H43N3O11S2/c1-31(2,12-13-32-46(3,38)39)19-33(47(40,41)22-9-10-27-28(16-22)45-20-44-27)17-26(35)24(15-21-7-5-4-6-8-21)34(30(36)37)25-18-43-29-23(25)11-14-42-29/h4-10,16,23-26,29,32,35H,11-15,17-20H2,1-3H3,(H,36,37)/p-1/t23-,24-,25-,26+,29+/m0/s1. The van der Waals surface area contributed by atoms with Crippen LogP contribution in [0, 0.1) is 11.3 Å². The van der Waals surface area contributed by atoms with Crippen molar-refractivity contribution in [3.8, 4) is 11.5 Å². The summed E-state index contributed by atoms with van der Waals surface area (Å²) in [6.45, 7) is 3.44. The van der Waals surface area contributed by atoms with Crippen LogP contribution in [0.5, 0.6) is 11.5 Å². The number of rotatable bonds is 15. The van der Waals surface area contributed by atoms with Gasteiger partial charge < -0.3 is 38.9 Å². The molecule has 47 heavy (non-hydrogen) atoms. The van der Waals surface area contributed by atoms with Crippen LogP contribution in [0.15, 0.2) is 53.4 Å². The highest BCUT2D eigenvalue weighted by Gasteiger charge is 2.47. The molecule has 260 valence electrons. The number of sulfonamides is 2. The number of ether oxygens (including phenoxy) is 4. The highest BCUT2D eigenvalue weighted by molar-refractivity contribution is 7.89. The van der Waals surface area contributed by atoms with Crippen LogP contribution >= 0.6 is 0 Å². The lowest BCUT2D eigenvalue weighted by atomic mass is 9.89. The molecule has 0 saturated carbocycles. The quantitative estimate of drug-likeness (QED) is 0.268. The van der Waals surface area contributed by atoms with Gasteiger partial charge in [0.15, 0.2) is 17.8 Å². The zero-order chi connectivity index (χ0) is 34.0. The molecule has 3 heterocycles. The van der Waals surface area contributed by atoms with Crippen molar-refractivity contribution in [2.45, 2.75) is 62.5 Å². The lowest BCUT2D eigenvalue weighted by Gasteiger charge is -2.43. The highest BCUT2D eigenvalue weighted by Crippen LogP contribution is 2.38. The molecule has 14 nitrogen and oxygen atoms in total. The summed E-state index contributed by atoms with van der Waals surface area (Å²) in [6.07, 6.45) is -1.65. The first-order valence-corrected chi connectivity index (χ1v) is 18.8. The first kappa shape index (κ1) is 35.3. The molecule has 2 aromatic carbocycles. The van der Waals surface area contributed by atoms with Crippen LogP contribution in [-0.2, 0) is 35.9 Å². The van der Waals surface area contributed by atoms with Gasteiger partial charge in [-0.05, 0) is 42.4 Å². The SMILES string of the molecule is CC(C)(CCNS(C)(=O)=O)CN(C[C@@H](O)[C@H](Cc1ccccc1)N(C(=O)[O-])[C@H]1CO[C@H]2OCC[C@H]21)S(=O)(=O)c1ccc2c(c1)OCO2. The van der Waals surface area contributed by atoms with Gasteiger partial charge in [0.1, 0.15) is 6.09 Å². The van der Waals surface area contributed by atoms with Crippen LogP contribution in [0.4, 0.5) is 4.79 Å². The van der Waals surface area contributed by atoms with Crippen molar-refractivity contribution in [1.29, 1.82) is 0 Å². The third-order valence-corrected chi connectivity index (χ3v) is 11.3. The Bertz CT molecular complexity index is 1620. The summed E-state index contributed by atoms with van der Waals surface area (Å²) in [5.74, 6) is 0.374. The van der Waals surface area contributed by atoms with Gasteiger partial charge in [-0.1, -0.05) is 44.2 Å². The van der Waals surface area contributed by atoms with Gasteiger partial charge in [-0.3, -0.25) is 0 Å². The predicted octanol–water partition coefficient (Wildman–Crippen LogP) is 0.750. The van der Waals surface area contributed by atoms with Crippen LogP contribution in [0.2, 0.25) is 0 Å². The summed E-state index contributed by atoms with van der Waals surface area (Å²) >= 11 is 0. The van der Waals surface area contributed by atoms with Crippen molar-refractivity contribution < 1.29 is 50.8 Å². The largest absolute Gasteiger partial charge is 0.530 e. The summed E-state index contributed by atoms with van der Waals surface area (Å²) in [7, 11) is -7.80. The van der Waals surface area contributed by atoms with E-state index >= 15 is 0 Å². The molecule has 2 aromatic rings. The maximum Gasteiger partial charge on any atom is 0.243 e. The third kappa shape index (κ3) is 8.54. The van der Waals surface area contributed by atoms with Gasteiger partial charge in [0.05, 0.1) is 42.6 Å². The van der Waals surface area contributed by atoms with Crippen molar-refractivity contribution in [3.05, 3.63) is 54.1 Å². The van der Waals surface area contributed by atoms with E-state index in [0.29, 0.717) is 18.8 Å². The molecule has 1 amide bonds. The van der Waals surface area contributed by atoms with E-state index in [-0.39, 0.29) is 55.9 Å². The second kappa shape index (κ2) is 14.2. The van der Waals surface area contributed by atoms with E-state index < -0.39 is 62.6 Å². The molecule has 3 aliphatic heterocycles. The Labute approximate surface area is 275 Å². The zero-order valence-corrected chi connectivity index (χ0v) is 28.2. The number of carbonyl (C=O) groups is 1. The lowest BCUT2D eigenvalue weighted by Crippen LogP contribution is -2.61. The smallest absolute Gasteiger partial charge is 0.243 e. The first-order valence-electron chi connectivity index (χ1n) is 15.4. The molecule has 0 spiro atoms. The summed E-state index contributed by atoms with van der Waals surface area (Å²) in [5.41, 5.74) is -0.0457. The number of hydrogen-bond acceptors (Lipinski definition) is 11. The van der Waals surface area contributed by atoms with Crippen molar-refractivity contribution in [2.24, 2.45) is 11.3 Å². The fourth-order valence-electron chi connectivity index (χ4n) is 6.42. The second-order valence-electron chi connectivity index (χ2n) is 13.0. The van der Waals surface area contributed by atoms with Gasteiger partial charge in [0.25, 0.3) is 0 Å². The average molecular weight is 697 g/mol. The lowest BCUT2D eigenvalue weighted by molar-refractivity contribution is -0.273. The van der Waals surface area contributed by atoms with Gasteiger partial charge in [0.2, 0.25) is 26.8 Å². The Hall–Kier alpha value is -2.99. The number of fused-ring (bicyclic) bond motifs is 2. The fraction of sp³-hybridized carbons (Fsp3) is 0.581. The van der Waals surface area contributed by atoms with E-state index in [1.165, 1.54) is 18.2 Å². The molecule has 0 bridgehead atoms. The molecule has 16 heteroatoms. The molecule has 2 saturated heterocycles. The Morgan fingerprint density at radius 1 is 1.09 bits per heavy atom. The molecule has 0 radical (unpaired) electrons. The zero-order valence-electron chi connectivity index (χ0n) is 26.6. The number of carbonyl (C=O) groups excluding carboxylic acids is 1. The van der Waals surface area contributed by atoms with E-state index in [2.05, 4.69) is 4.72 Å². The Kier molecular flexibility index (Phi) is 10.7. The molecule has 3 aliphatic rings. The van der Waals surface area contributed by atoms with Gasteiger partial charge in [-0.2, -0.15) is 4.31 Å². The minimum Gasteiger partial charge on any atom is -0.530 e. The molecule has 2 fully saturated rings. The van der Waals surface area contributed by atoms with Crippen molar-refractivity contribution in [1.82, 2.24) is 13.9 Å². The number of nitrogens with zero attached hydrogens (tertiary/aromatic N) is 2. The topological polar surface area (TPSA) is 184 Å². The second-order valence-corrected chi connectivity index (χ2v) is 16.8. The van der Waals surface area contributed by atoms with Gasteiger partial charge in [0, 0.05) is 31.6 Å². The van der Waals surface area contributed by atoms with Crippen LogP contribution in [0.1, 0.15) is 32.3 Å². The monoisotopic (exact) mass is 696 g/mol. The molecule has 2 N–H and O–H groups in total. The number of carboxylic acid groups (broad SMARTS) is 1. The van der Waals surface area contributed by atoms with E-state index in [1.54, 1.807) is 38.1 Å². The molecule has 0 aliphatic carbocycles. The number of aliphatic hydroxyl groups excluding tert-OH is 1. The molecule has 5 atom stereocenters. The van der Waals surface area contributed by atoms with Gasteiger partial charge in [-0.25, -0.2) is 21.6 Å². The van der Waals surface area contributed by atoms with E-state index in [9.17, 15) is 31.8 Å². The van der Waals surface area contributed by atoms with Crippen LogP contribution in [0.25, 0.3) is 0 Å². The normalized spacial score (nSPS) is 22.3. The molecule has 5 rings (SSSR count). The van der Waals surface area contributed by atoms with E-state index in [4.69, 9.17) is 18.9 Å². The van der Waals surface area contributed by atoms with Crippen molar-refractivity contribution in [2.75, 3.05) is 45.9 Å². The molecular formula is C31H42N3O11S2-. The Morgan fingerprint density at radius 3 is 2.51 bits per heavy atom. The van der Waals surface area contributed by atoms with Gasteiger partial charge in [-0.15, -0.1) is 0 Å².